The molecule has 1 saturated heterocycles. The molecule has 1 aliphatic heterocycles. The number of piperazine rings is 1. The quantitative estimate of drug-likeness (QED) is 0.725. The first-order valence-electron chi connectivity index (χ1n) is 9.65. The zero-order chi connectivity index (χ0) is 20.9. The van der Waals surface area contributed by atoms with Crippen LogP contribution in [0.15, 0.2) is 53.4 Å². The Labute approximate surface area is 177 Å². The molecular formula is C21H26ClN3O3S. The van der Waals surface area contributed by atoms with Gasteiger partial charge in [-0.05, 0) is 30.2 Å². The highest BCUT2D eigenvalue weighted by molar-refractivity contribution is 7.89. The first-order chi connectivity index (χ1) is 13.9. The van der Waals surface area contributed by atoms with Crippen LogP contribution >= 0.6 is 11.6 Å². The molecule has 156 valence electrons. The number of carbonyl (C=O) groups is 1. The van der Waals surface area contributed by atoms with Gasteiger partial charge in [-0.15, -0.1) is 0 Å². The zero-order valence-corrected chi connectivity index (χ0v) is 18.0. The summed E-state index contributed by atoms with van der Waals surface area (Å²) in [6.07, 6.45) is 0.126. The van der Waals surface area contributed by atoms with Crippen molar-refractivity contribution in [3.05, 3.63) is 64.7 Å². The molecule has 1 aliphatic rings. The molecular weight excluding hydrogens is 410 g/mol. The lowest BCUT2D eigenvalue weighted by Gasteiger charge is -2.35. The second-order valence-electron chi connectivity index (χ2n) is 7.16. The van der Waals surface area contributed by atoms with Crippen molar-refractivity contribution >= 4 is 27.5 Å². The minimum atomic E-state index is -3.73. The van der Waals surface area contributed by atoms with Crippen LogP contribution in [-0.2, 0) is 21.4 Å². The van der Waals surface area contributed by atoms with E-state index in [2.05, 4.69) is 28.7 Å². The maximum Gasteiger partial charge on any atom is 0.242 e. The normalized spacial score (nSPS) is 15.4. The number of carbonyl (C=O) groups excluding carboxylic acids is 1. The van der Waals surface area contributed by atoms with Gasteiger partial charge in [0.25, 0.3) is 0 Å². The van der Waals surface area contributed by atoms with Gasteiger partial charge >= 0.3 is 0 Å². The van der Waals surface area contributed by atoms with E-state index in [-0.39, 0.29) is 28.8 Å². The standard InChI is InChI=1S/C21H26ClN3O3S/c1-17-6-2-3-7-18(17)16-24-12-14-25(15-13-24)21(26)10-11-23-29(27,28)20-9-5-4-8-19(20)22/h2-9,23H,10-16H2,1H3. The Morgan fingerprint density at radius 1 is 1.03 bits per heavy atom. The van der Waals surface area contributed by atoms with Crippen molar-refractivity contribution in [1.82, 2.24) is 14.5 Å². The smallest absolute Gasteiger partial charge is 0.242 e. The summed E-state index contributed by atoms with van der Waals surface area (Å²) in [4.78, 5) is 16.6. The van der Waals surface area contributed by atoms with Gasteiger partial charge in [0.2, 0.25) is 15.9 Å². The third-order valence-corrected chi connectivity index (χ3v) is 7.10. The Kier molecular flexibility index (Phi) is 7.29. The Morgan fingerprint density at radius 2 is 1.69 bits per heavy atom. The predicted octanol–water partition coefficient (Wildman–Crippen LogP) is 2.66. The van der Waals surface area contributed by atoms with Crippen molar-refractivity contribution in [1.29, 1.82) is 0 Å². The number of hydrogen-bond acceptors (Lipinski definition) is 4. The van der Waals surface area contributed by atoms with Crippen LogP contribution < -0.4 is 4.72 Å². The van der Waals surface area contributed by atoms with E-state index in [1.54, 1.807) is 17.0 Å². The average Bonchev–Trinajstić information content (AvgIpc) is 2.70. The molecule has 0 spiro atoms. The molecule has 1 fully saturated rings. The van der Waals surface area contributed by atoms with E-state index in [4.69, 9.17) is 11.6 Å². The van der Waals surface area contributed by atoms with Gasteiger partial charge in [-0.1, -0.05) is 48.0 Å². The Balaban J connectivity index is 1.44. The number of rotatable bonds is 7. The van der Waals surface area contributed by atoms with Crippen LogP contribution in [0.25, 0.3) is 0 Å². The van der Waals surface area contributed by atoms with Gasteiger partial charge in [-0.3, -0.25) is 9.69 Å². The van der Waals surface area contributed by atoms with Gasteiger partial charge in [0.05, 0.1) is 5.02 Å². The predicted molar refractivity (Wildman–Crippen MR) is 114 cm³/mol. The summed E-state index contributed by atoms with van der Waals surface area (Å²) in [6, 6.07) is 14.6. The molecule has 0 atom stereocenters. The number of nitrogens with one attached hydrogen (secondary N) is 1. The number of halogens is 1. The molecule has 29 heavy (non-hydrogen) atoms. The SMILES string of the molecule is Cc1ccccc1CN1CCN(C(=O)CCNS(=O)(=O)c2ccccc2Cl)CC1. The minimum Gasteiger partial charge on any atom is -0.340 e. The van der Waals surface area contributed by atoms with E-state index in [1.807, 2.05) is 12.1 Å². The molecule has 2 aromatic carbocycles. The molecule has 6 nitrogen and oxygen atoms in total. The lowest BCUT2D eigenvalue weighted by Crippen LogP contribution is -2.48. The first-order valence-corrected chi connectivity index (χ1v) is 11.5. The van der Waals surface area contributed by atoms with E-state index in [9.17, 15) is 13.2 Å². The van der Waals surface area contributed by atoms with Crippen LogP contribution in [0.3, 0.4) is 0 Å². The molecule has 1 N–H and O–H groups in total. The summed E-state index contributed by atoms with van der Waals surface area (Å²) >= 11 is 5.95. The van der Waals surface area contributed by atoms with Crippen LogP contribution in [0.5, 0.6) is 0 Å². The lowest BCUT2D eigenvalue weighted by atomic mass is 10.1. The molecule has 2 aromatic rings. The van der Waals surface area contributed by atoms with Gasteiger partial charge in [-0.2, -0.15) is 0 Å². The van der Waals surface area contributed by atoms with Gasteiger partial charge in [0.1, 0.15) is 4.90 Å². The Bertz CT molecular complexity index is 957. The van der Waals surface area contributed by atoms with Crippen molar-refractivity contribution in [2.75, 3.05) is 32.7 Å². The maximum atomic E-state index is 12.5. The number of sulfonamides is 1. The van der Waals surface area contributed by atoms with Gasteiger partial charge in [-0.25, -0.2) is 13.1 Å². The fourth-order valence-corrected chi connectivity index (χ4v) is 4.92. The van der Waals surface area contributed by atoms with Crippen LogP contribution in [0, 0.1) is 6.92 Å². The molecule has 1 amide bonds. The second-order valence-corrected chi connectivity index (χ2v) is 9.30. The number of hydrogen-bond donors (Lipinski definition) is 1. The highest BCUT2D eigenvalue weighted by atomic mass is 35.5. The molecule has 0 unspecified atom stereocenters. The average molecular weight is 436 g/mol. The van der Waals surface area contributed by atoms with Gasteiger partial charge < -0.3 is 4.90 Å². The zero-order valence-electron chi connectivity index (χ0n) is 16.5. The summed E-state index contributed by atoms with van der Waals surface area (Å²) in [5, 5.41) is 0.163. The number of benzene rings is 2. The Morgan fingerprint density at radius 3 is 2.38 bits per heavy atom. The summed E-state index contributed by atoms with van der Waals surface area (Å²) in [6.45, 7) is 5.97. The Hall–Kier alpha value is -1.93. The van der Waals surface area contributed by atoms with Crippen molar-refractivity contribution < 1.29 is 13.2 Å². The van der Waals surface area contributed by atoms with E-state index in [1.165, 1.54) is 23.3 Å². The summed E-state index contributed by atoms with van der Waals surface area (Å²) < 4.78 is 27.1. The largest absolute Gasteiger partial charge is 0.340 e. The third-order valence-electron chi connectivity index (χ3n) is 5.14. The topological polar surface area (TPSA) is 69.7 Å². The van der Waals surface area contributed by atoms with Gasteiger partial charge in [0, 0.05) is 45.7 Å². The van der Waals surface area contributed by atoms with Crippen LogP contribution in [0.4, 0.5) is 0 Å². The fraction of sp³-hybridized carbons (Fsp3) is 0.381. The molecule has 3 rings (SSSR count). The van der Waals surface area contributed by atoms with E-state index >= 15 is 0 Å². The number of amides is 1. The molecule has 0 saturated carbocycles. The highest BCUT2D eigenvalue weighted by Crippen LogP contribution is 2.20. The molecule has 0 aromatic heterocycles. The van der Waals surface area contributed by atoms with Crippen molar-refractivity contribution in [2.24, 2.45) is 0 Å². The summed E-state index contributed by atoms with van der Waals surface area (Å²) in [5.41, 5.74) is 2.58. The van der Waals surface area contributed by atoms with E-state index in [0.29, 0.717) is 13.1 Å². The third kappa shape index (κ3) is 5.79. The van der Waals surface area contributed by atoms with Gasteiger partial charge in [0.15, 0.2) is 0 Å². The van der Waals surface area contributed by atoms with E-state index in [0.717, 1.165) is 19.6 Å². The fourth-order valence-electron chi connectivity index (χ4n) is 3.37. The monoisotopic (exact) mass is 435 g/mol. The minimum absolute atomic E-state index is 0.0268. The number of nitrogens with zero attached hydrogens (tertiary/aromatic N) is 2. The molecule has 8 heteroatoms. The maximum absolute atomic E-state index is 12.5. The van der Waals surface area contributed by atoms with Crippen molar-refractivity contribution in [2.45, 2.75) is 24.8 Å². The second kappa shape index (κ2) is 9.71. The molecule has 0 radical (unpaired) electrons. The lowest BCUT2D eigenvalue weighted by molar-refractivity contribution is -0.132. The van der Waals surface area contributed by atoms with Crippen molar-refractivity contribution in [3.63, 3.8) is 0 Å². The summed E-state index contributed by atoms with van der Waals surface area (Å²) in [7, 11) is -3.73. The van der Waals surface area contributed by atoms with Crippen LogP contribution in [0.2, 0.25) is 5.02 Å². The van der Waals surface area contributed by atoms with Crippen LogP contribution in [-0.4, -0.2) is 56.8 Å². The van der Waals surface area contributed by atoms with E-state index < -0.39 is 10.0 Å². The highest BCUT2D eigenvalue weighted by Gasteiger charge is 2.22. The molecule has 0 aliphatic carbocycles. The molecule has 0 bridgehead atoms. The summed E-state index contributed by atoms with van der Waals surface area (Å²) in [5.74, 6) is -0.0394. The first kappa shape index (κ1) is 21.8. The van der Waals surface area contributed by atoms with Crippen molar-refractivity contribution in [3.8, 4) is 0 Å². The molecule has 1 heterocycles. The van der Waals surface area contributed by atoms with Crippen LogP contribution in [0.1, 0.15) is 17.5 Å². The number of aryl methyl sites for hydroxylation is 1.